The average Bonchev–Trinajstić information content (AvgIpc) is 2.98. The minimum Gasteiger partial charge on any atom is -0.492 e. The molecule has 0 atom stereocenters. The van der Waals surface area contributed by atoms with E-state index in [-0.39, 0.29) is 5.91 Å². The van der Waals surface area contributed by atoms with Crippen LogP contribution in [0.3, 0.4) is 0 Å². The number of carbonyl (C=O) groups is 1. The molecule has 0 aromatic heterocycles. The molecule has 0 radical (unpaired) electrons. The molecule has 2 rings (SSSR count). The number of likely N-dealkylation sites (N-methyl/N-ethyl adjacent to an activating group) is 1. The van der Waals surface area contributed by atoms with Gasteiger partial charge in [0.05, 0.1) is 13.1 Å². The van der Waals surface area contributed by atoms with Crippen molar-refractivity contribution >= 4 is 5.91 Å². The number of benzene rings is 1. The molecule has 21 heavy (non-hydrogen) atoms. The first kappa shape index (κ1) is 15.8. The third-order valence-corrected chi connectivity index (χ3v) is 4.01. The van der Waals surface area contributed by atoms with Crippen LogP contribution in [0.5, 0.6) is 5.75 Å². The van der Waals surface area contributed by atoms with Gasteiger partial charge in [0, 0.05) is 13.1 Å². The molecule has 116 valence electrons. The standard InChI is InChI=1S/C17H26N2O2/c1-14-6-5-9-16(12-14)21-11-10-19(2)17(20)13-18-15-7-3-4-8-15/h5-6,9,12,15,18H,3-4,7-8,10-11,13H2,1-2H3. The Kier molecular flexibility index (Phi) is 6.05. The maximum atomic E-state index is 12.0. The Labute approximate surface area is 127 Å². The van der Waals surface area contributed by atoms with Gasteiger partial charge in [-0.15, -0.1) is 0 Å². The van der Waals surface area contributed by atoms with E-state index in [1.165, 1.54) is 31.2 Å². The summed E-state index contributed by atoms with van der Waals surface area (Å²) in [5.41, 5.74) is 1.18. The summed E-state index contributed by atoms with van der Waals surface area (Å²) in [6.45, 7) is 3.61. The van der Waals surface area contributed by atoms with E-state index in [2.05, 4.69) is 5.32 Å². The molecule has 1 aliphatic rings. The van der Waals surface area contributed by atoms with Crippen LogP contribution in [-0.2, 0) is 4.79 Å². The SMILES string of the molecule is Cc1cccc(OCCN(C)C(=O)CNC2CCCC2)c1. The Balaban J connectivity index is 1.63. The van der Waals surface area contributed by atoms with Crippen LogP contribution in [0.4, 0.5) is 0 Å². The summed E-state index contributed by atoms with van der Waals surface area (Å²) in [4.78, 5) is 13.7. The first-order chi connectivity index (χ1) is 10.1. The van der Waals surface area contributed by atoms with Crippen molar-refractivity contribution in [2.75, 3.05) is 26.7 Å². The van der Waals surface area contributed by atoms with Crippen molar-refractivity contribution in [3.8, 4) is 5.75 Å². The molecule has 1 aromatic rings. The predicted molar refractivity (Wildman–Crippen MR) is 84.6 cm³/mol. The lowest BCUT2D eigenvalue weighted by Gasteiger charge is -2.19. The first-order valence-corrected chi connectivity index (χ1v) is 7.82. The van der Waals surface area contributed by atoms with Gasteiger partial charge in [-0.1, -0.05) is 25.0 Å². The number of aryl methyl sites for hydroxylation is 1. The summed E-state index contributed by atoms with van der Waals surface area (Å²) in [7, 11) is 1.83. The molecule has 4 heteroatoms. The molecule has 1 amide bonds. The van der Waals surface area contributed by atoms with E-state index in [0.29, 0.717) is 25.7 Å². The van der Waals surface area contributed by atoms with Gasteiger partial charge in [0.2, 0.25) is 5.91 Å². The number of nitrogens with one attached hydrogen (secondary N) is 1. The second kappa shape index (κ2) is 8.03. The van der Waals surface area contributed by atoms with Crippen molar-refractivity contribution < 1.29 is 9.53 Å². The quantitative estimate of drug-likeness (QED) is 0.838. The highest BCUT2D eigenvalue weighted by Gasteiger charge is 2.16. The lowest BCUT2D eigenvalue weighted by Crippen LogP contribution is -2.40. The van der Waals surface area contributed by atoms with Gasteiger partial charge in [-0.05, 0) is 37.5 Å². The van der Waals surface area contributed by atoms with E-state index in [0.717, 1.165) is 5.75 Å². The van der Waals surface area contributed by atoms with Gasteiger partial charge < -0.3 is 15.0 Å². The Morgan fingerprint density at radius 2 is 2.14 bits per heavy atom. The molecule has 0 bridgehead atoms. The summed E-state index contributed by atoms with van der Waals surface area (Å²) in [6, 6.07) is 8.49. The van der Waals surface area contributed by atoms with E-state index >= 15 is 0 Å². The molecule has 4 nitrogen and oxygen atoms in total. The second-order valence-electron chi connectivity index (χ2n) is 5.84. The predicted octanol–water partition coefficient (Wildman–Crippen LogP) is 2.36. The topological polar surface area (TPSA) is 41.6 Å². The van der Waals surface area contributed by atoms with E-state index in [4.69, 9.17) is 4.74 Å². The molecule has 1 aliphatic carbocycles. The highest BCUT2D eigenvalue weighted by atomic mass is 16.5. The number of hydrogen-bond acceptors (Lipinski definition) is 3. The maximum Gasteiger partial charge on any atom is 0.236 e. The fourth-order valence-electron chi connectivity index (χ4n) is 2.63. The molecular formula is C17H26N2O2. The Morgan fingerprint density at radius 1 is 1.38 bits per heavy atom. The molecule has 0 aliphatic heterocycles. The smallest absolute Gasteiger partial charge is 0.236 e. The van der Waals surface area contributed by atoms with Crippen LogP contribution in [-0.4, -0.2) is 43.6 Å². The average molecular weight is 290 g/mol. The van der Waals surface area contributed by atoms with Crippen LogP contribution in [0.2, 0.25) is 0 Å². The number of ether oxygens (including phenoxy) is 1. The normalized spacial score (nSPS) is 15.1. The number of hydrogen-bond donors (Lipinski definition) is 1. The van der Waals surface area contributed by atoms with Gasteiger partial charge in [-0.2, -0.15) is 0 Å². The minimum absolute atomic E-state index is 0.134. The van der Waals surface area contributed by atoms with Crippen LogP contribution >= 0.6 is 0 Å². The van der Waals surface area contributed by atoms with E-state index in [1.807, 2.05) is 38.2 Å². The van der Waals surface area contributed by atoms with E-state index in [9.17, 15) is 4.79 Å². The second-order valence-corrected chi connectivity index (χ2v) is 5.84. The third-order valence-electron chi connectivity index (χ3n) is 4.01. The molecule has 1 aromatic carbocycles. The van der Waals surface area contributed by atoms with Crippen molar-refractivity contribution in [3.05, 3.63) is 29.8 Å². The van der Waals surface area contributed by atoms with Gasteiger partial charge in [-0.3, -0.25) is 4.79 Å². The van der Waals surface area contributed by atoms with Crippen LogP contribution < -0.4 is 10.1 Å². The Bertz CT molecular complexity index is 456. The van der Waals surface area contributed by atoms with Gasteiger partial charge in [0.1, 0.15) is 12.4 Å². The van der Waals surface area contributed by atoms with Crippen molar-refractivity contribution in [2.45, 2.75) is 38.6 Å². The molecule has 1 N–H and O–H groups in total. The monoisotopic (exact) mass is 290 g/mol. The van der Waals surface area contributed by atoms with Gasteiger partial charge in [-0.25, -0.2) is 0 Å². The third kappa shape index (κ3) is 5.38. The van der Waals surface area contributed by atoms with E-state index in [1.54, 1.807) is 4.90 Å². The van der Waals surface area contributed by atoms with Crippen LogP contribution in [0.25, 0.3) is 0 Å². The lowest BCUT2D eigenvalue weighted by molar-refractivity contribution is -0.129. The highest BCUT2D eigenvalue weighted by Crippen LogP contribution is 2.17. The number of amides is 1. The molecule has 0 spiro atoms. The van der Waals surface area contributed by atoms with Crippen LogP contribution in [0.15, 0.2) is 24.3 Å². The minimum atomic E-state index is 0.134. The summed E-state index contributed by atoms with van der Waals surface area (Å²) >= 11 is 0. The Hall–Kier alpha value is -1.55. The molecule has 0 saturated heterocycles. The number of carbonyl (C=O) groups excluding carboxylic acids is 1. The molecule has 0 heterocycles. The van der Waals surface area contributed by atoms with Gasteiger partial charge >= 0.3 is 0 Å². The maximum absolute atomic E-state index is 12.0. The van der Waals surface area contributed by atoms with Gasteiger partial charge in [0.15, 0.2) is 0 Å². The zero-order chi connectivity index (χ0) is 15.1. The first-order valence-electron chi connectivity index (χ1n) is 7.82. The molecule has 0 unspecified atom stereocenters. The van der Waals surface area contributed by atoms with Crippen molar-refractivity contribution in [1.29, 1.82) is 0 Å². The zero-order valence-corrected chi connectivity index (χ0v) is 13.1. The number of nitrogens with zero attached hydrogens (tertiary/aromatic N) is 1. The van der Waals surface area contributed by atoms with Crippen molar-refractivity contribution in [2.24, 2.45) is 0 Å². The zero-order valence-electron chi connectivity index (χ0n) is 13.1. The fraction of sp³-hybridized carbons (Fsp3) is 0.588. The number of rotatable bonds is 7. The van der Waals surface area contributed by atoms with Crippen LogP contribution in [0.1, 0.15) is 31.2 Å². The van der Waals surface area contributed by atoms with Crippen LogP contribution in [0, 0.1) is 6.92 Å². The van der Waals surface area contributed by atoms with Crippen molar-refractivity contribution in [3.63, 3.8) is 0 Å². The lowest BCUT2D eigenvalue weighted by atomic mass is 10.2. The highest BCUT2D eigenvalue weighted by molar-refractivity contribution is 5.77. The fourth-order valence-corrected chi connectivity index (χ4v) is 2.63. The molecule has 1 saturated carbocycles. The van der Waals surface area contributed by atoms with Gasteiger partial charge in [0.25, 0.3) is 0 Å². The summed E-state index contributed by atoms with van der Waals surface area (Å²) in [5.74, 6) is 0.995. The summed E-state index contributed by atoms with van der Waals surface area (Å²) in [6.07, 6.45) is 4.97. The van der Waals surface area contributed by atoms with E-state index < -0.39 is 0 Å². The summed E-state index contributed by atoms with van der Waals surface area (Å²) in [5, 5.41) is 3.35. The molecular weight excluding hydrogens is 264 g/mol. The largest absolute Gasteiger partial charge is 0.492 e. The summed E-state index contributed by atoms with van der Waals surface area (Å²) < 4.78 is 5.67. The molecule has 1 fully saturated rings. The van der Waals surface area contributed by atoms with Crippen molar-refractivity contribution in [1.82, 2.24) is 10.2 Å². The Morgan fingerprint density at radius 3 is 2.86 bits per heavy atom.